The second-order valence-electron chi connectivity index (χ2n) is 5.80. The molecule has 1 fully saturated rings. The van der Waals surface area contributed by atoms with Crippen molar-refractivity contribution in [3.8, 4) is 11.5 Å². The second-order valence-corrected chi connectivity index (χ2v) is 5.80. The first-order valence-corrected chi connectivity index (χ1v) is 7.64. The van der Waals surface area contributed by atoms with E-state index in [1.165, 1.54) is 0 Å². The van der Waals surface area contributed by atoms with Gasteiger partial charge in [0.1, 0.15) is 11.5 Å². The predicted octanol–water partition coefficient (Wildman–Crippen LogP) is 2.88. The highest BCUT2D eigenvalue weighted by Gasteiger charge is 2.20. The van der Waals surface area contributed by atoms with E-state index in [1.807, 2.05) is 25.3 Å². The summed E-state index contributed by atoms with van der Waals surface area (Å²) in [6.45, 7) is 6.78. The zero-order valence-electron chi connectivity index (χ0n) is 12.7. The first-order chi connectivity index (χ1) is 10.2. The summed E-state index contributed by atoms with van der Waals surface area (Å²) in [4.78, 5) is 0. The number of hydrogen-bond acceptors (Lipinski definition) is 4. The maximum atomic E-state index is 5.68. The van der Waals surface area contributed by atoms with Crippen LogP contribution in [0.4, 0.5) is 0 Å². The number of nitrogens with zero attached hydrogens (tertiary/aromatic N) is 1. The Morgan fingerprint density at radius 3 is 2.90 bits per heavy atom. The number of rotatable bonds is 5. The summed E-state index contributed by atoms with van der Waals surface area (Å²) < 4.78 is 11.1. The van der Waals surface area contributed by atoms with Crippen LogP contribution in [0.2, 0.25) is 0 Å². The van der Waals surface area contributed by atoms with Crippen molar-refractivity contribution in [3.05, 3.63) is 29.7 Å². The summed E-state index contributed by atoms with van der Waals surface area (Å²) >= 11 is 0. The minimum absolute atomic E-state index is 0.481. The molecule has 0 saturated carbocycles. The maximum Gasteiger partial charge on any atom is 0.152 e. The molecule has 0 radical (unpaired) electrons. The molecule has 2 N–H and O–H groups in total. The SMILES string of the molecule is Cc1ccc(-c2[nH]ncc2CNC(C)C2CCOCC2)o1. The Morgan fingerprint density at radius 1 is 1.38 bits per heavy atom. The van der Waals surface area contributed by atoms with Crippen LogP contribution in [-0.2, 0) is 11.3 Å². The van der Waals surface area contributed by atoms with Crippen LogP contribution >= 0.6 is 0 Å². The van der Waals surface area contributed by atoms with Crippen LogP contribution in [0, 0.1) is 12.8 Å². The standard InChI is InChI=1S/C16H23N3O2/c1-11-3-4-15(21-11)16-14(10-18-19-16)9-17-12(2)13-5-7-20-8-6-13/h3-4,10,12-13,17H,5-9H2,1-2H3,(H,18,19). The highest BCUT2D eigenvalue weighted by molar-refractivity contribution is 5.56. The minimum atomic E-state index is 0.481. The molecule has 2 aromatic rings. The molecule has 3 rings (SSSR count). The number of aromatic nitrogens is 2. The molecule has 3 heterocycles. The van der Waals surface area contributed by atoms with Gasteiger partial charge in [-0.25, -0.2) is 0 Å². The van der Waals surface area contributed by atoms with Gasteiger partial charge in [-0.3, -0.25) is 5.10 Å². The summed E-state index contributed by atoms with van der Waals surface area (Å²) in [5.74, 6) is 2.45. The largest absolute Gasteiger partial charge is 0.460 e. The van der Waals surface area contributed by atoms with E-state index in [9.17, 15) is 0 Å². The summed E-state index contributed by atoms with van der Waals surface area (Å²) in [6, 6.07) is 4.43. The van der Waals surface area contributed by atoms with Crippen molar-refractivity contribution >= 4 is 0 Å². The summed E-state index contributed by atoms with van der Waals surface area (Å²) in [6.07, 6.45) is 4.16. The van der Waals surface area contributed by atoms with Crippen LogP contribution in [-0.4, -0.2) is 29.5 Å². The van der Waals surface area contributed by atoms with E-state index in [0.29, 0.717) is 12.0 Å². The molecular formula is C16H23N3O2. The normalized spacial score (nSPS) is 18.0. The van der Waals surface area contributed by atoms with Gasteiger partial charge in [-0.1, -0.05) is 0 Å². The highest BCUT2D eigenvalue weighted by Crippen LogP contribution is 2.24. The molecular weight excluding hydrogens is 266 g/mol. The third kappa shape index (κ3) is 3.36. The van der Waals surface area contributed by atoms with E-state index >= 15 is 0 Å². The molecule has 1 saturated heterocycles. The van der Waals surface area contributed by atoms with Crippen LogP contribution < -0.4 is 5.32 Å². The molecule has 1 aliphatic rings. The number of ether oxygens (including phenoxy) is 1. The molecule has 114 valence electrons. The molecule has 1 aliphatic heterocycles. The second kappa shape index (κ2) is 6.45. The highest BCUT2D eigenvalue weighted by atomic mass is 16.5. The fraction of sp³-hybridized carbons (Fsp3) is 0.562. The fourth-order valence-electron chi connectivity index (χ4n) is 2.88. The fourth-order valence-corrected chi connectivity index (χ4v) is 2.88. The average Bonchev–Trinajstić information content (AvgIpc) is 3.14. The number of aryl methyl sites for hydroxylation is 1. The van der Waals surface area contributed by atoms with Gasteiger partial charge in [-0.05, 0) is 44.7 Å². The van der Waals surface area contributed by atoms with Crippen molar-refractivity contribution in [2.75, 3.05) is 13.2 Å². The van der Waals surface area contributed by atoms with Gasteiger partial charge in [-0.15, -0.1) is 0 Å². The van der Waals surface area contributed by atoms with Crippen LogP contribution in [0.5, 0.6) is 0 Å². The lowest BCUT2D eigenvalue weighted by Gasteiger charge is -2.28. The Kier molecular flexibility index (Phi) is 4.41. The molecule has 0 aliphatic carbocycles. The topological polar surface area (TPSA) is 63.1 Å². The van der Waals surface area contributed by atoms with E-state index in [-0.39, 0.29) is 0 Å². The monoisotopic (exact) mass is 289 g/mol. The van der Waals surface area contributed by atoms with Gasteiger partial charge in [0.25, 0.3) is 0 Å². The van der Waals surface area contributed by atoms with Gasteiger partial charge >= 0.3 is 0 Å². The molecule has 0 bridgehead atoms. The van der Waals surface area contributed by atoms with E-state index < -0.39 is 0 Å². The molecule has 1 atom stereocenters. The van der Waals surface area contributed by atoms with Crippen molar-refractivity contribution < 1.29 is 9.15 Å². The van der Waals surface area contributed by atoms with Crippen LogP contribution in [0.15, 0.2) is 22.7 Å². The van der Waals surface area contributed by atoms with Gasteiger partial charge < -0.3 is 14.5 Å². The number of nitrogens with one attached hydrogen (secondary N) is 2. The molecule has 0 spiro atoms. The molecule has 2 aromatic heterocycles. The zero-order valence-corrected chi connectivity index (χ0v) is 12.7. The Bertz CT molecular complexity index is 570. The number of furan rings is 1. The van der Waals surface area contributed by atoms with Gasteiger partial charge in [0.2, 0.25) is 0 Å². The molecule has 21 heavy (non-hydrogen) atoms. The van der Waals surface area contributed by atoms with E-state index in [4.69, 9.17) is 9.15 Å². The van der Waals surface area contributed by atoms with E-state index in [1.54, 1.807) is 0 Å². The first kappa shape index (κ1) is 14.4. The van der Waals surface area contributed by atoms with Gasteiger partial charge in [0, 0.05) is 31.4 Å². The zero-order chi connectivity index (χ0) is 14.7. The lowest BCUT2D eigenvalue weighted by Crippen LogP contribution is -2.36. The predicted molar refractivity (Wildman–Crippen MR) is 80.9 cm³/mol. The van der Waals surface area contributed by atoms with Crippen molar-refractivity contribution in [1.82, 2.24) is 15.5 Å². The molecule has 0 aromatic carbocycles. The van der Waals surface area contributed by atoms with Crippen molar-refractivity contribution in [1.29, 1.82) is 0 Å². The Morgan fingerprint density at radius 2 is 2.19 bits per heavy atom. The van der Waals surface area contributed by atoms with Crippen LogP contribution in [0.3, 0.4) is 0 Å². The Hall–Kier alpha value is -1.59. The molecule has 5 nitrogen and oxygen atoms in total. The van der Waals surface area contributed by atoms with E-state index in [2.05, 4.69) is 22.4 Å². The van der Waals surface area contributed by atoms with Crippen LogP contribution in [0.25, 0.3) is 11.5 Å². The smallest absolute Gasteiger partial charge is 0.152 e. The maximum absolute atomic E-state index is 5.68. The van der Waals surface area contributed by atoms with Gasteiger partial charge in [0.05, 0.1) is 6.20 Å². The average molecular weight is 289 g/mol. The number of aromatic amines is 1. The third-order valence-electron chi connectivity index (χ3n) is 4.29. The van der Waals surface area contributed by atoms with Gasteiger partial charge in [-0.2, -0.15) is 5.10 Å². The Balaban J connectivity index is 1.62. The van der Waals surface area contributed by atoms with Gasteiger partial charge in [0.15, 0.2) is 5.76 Å². The van der Waals surface area contributed by atoms with Crippen molar-refractivity contribution in [3.63, 3.8) is 0 Å². The molecule has 0 amide bonds. The van der Waals surface area contributed by atoms with Crippen molar-refractivity contribution in [2.45, 2.75) is 39.3 Å². The number of H-pyrrole nitrogens is 1. The quantitative estimate of drug-likeness (QED) is 0.888. The van der Waals surface area contributed by atoms with Crippen molar-refractivity contribution in [2.24, 2.45) is 5.92 Å². The summed E-state index contributed by atoms with van der Waals surface area (Å²) in [7, 11) is 0. The van der Waals surface area contributed by atoms with Crippen LogP contribution in [0.1, 0.15) is 31.1 Å². The number of hydrogen-bond donors (Lipinski definition) is 2. The molecule has 5 heteroatoms. The lowest BCUT2D eigenvalue weighted by atomic mass is 9.93. The first-order valence-electron chi connectivity index (χ1n) is 7.64. The summed E-state index contributed by atoms with van der Waals surface area (Å²) in [5, 5.41) is 10.8. The minimum Gasteiger partial charge on any atom is -0.460 e. The lowest BCUT2D eigenvalue weighted by molar-refractivity contribution is 0.0558. The van der Waals surface area contributed by atoms with E-state index in [0.717, 1.165) is 55.4 Å². The third-order valence-corrected chi connectivity index (χ3v) is 4.29. The Labute approximate surface area is 125 Å². The summed E-state index contributed by atoms with van der Waals surface area (Å²) in [5.41, 5.74) is 2.11. The molecule has 1 unspecified atom stereocenters.